The van der Waals surface area contributed by atoms with Crippen molar-refractivity contribution in [1.29, 1.82) is 0 Å². The summed E-state index contributed by atoms with van der Waals surface area (Å²) in [7, 11) is 0. The van der Waals surface area contributed by atoms with E-state index in [4.69, 9.17) is 5.11 Å². The van der Waals surface area contributed by atoms with Gasteiger partial charge < -0.3 is 10.4 Å². The van der Waals surface area contributed by atoms with Crippen molar-refractivity contribution < 1.29 is 9.90 Å². The number of nitrogens with one attached hydrogen (secondary N) is 1. The van der Waals surface area contributed by atoms with Crippen molar-refractivity contribution >= 4 is 5.91 Å². The standard InChI is InChI=1S/C7H11NO2/c1-4-3-6(5(2)9)8-7(4)10/h4,6,9H,2-3H2,1H3,(H,8,10)/t4-,6-/m1/s1. The van der Waals surface area contributed by atoms with E-state index >= 15 is 0 Å². The molecule has 1 saturated heterocycles. The molecule has 2 N–H and O–H groups in total. The van der Waals surface area contributed by atoms with Crippen LogP contribution in [0.3, 0.4) is 0 Å². The van der Waals surface area contributed by atoms with Gasteiger partial charge in [0.15, 0.2) is 0 Å². The molecule has 1 amide bonds. The number of carbonyl (C=O) groups is 1. The van der Waals surface area contributed by atoms with Crippen LogP contribution in [0.1, 0.15) is 13.3 Å². The van der Waals surface area contributed by atoms with Crippen LogP contribution in [0.2, 0.25) is 0 Å². The number of amides is 1. The quantitative estimate of drug-likeness (QED) is 0.525. The minimum Gasteiger partial charge on any atom is -0.511 e. The first-order valence-corrected chi connectivity index (χ1v) is 3.29. The van der Waals surface area contributed by atoms with Crippen molar-refractivity contribution in [1.82, 2.24) is 5.32 Å². The van der Waals surface area contributed by atoms with E-state index in [1.54, 1.807) is 0 Å². The number of rotatable bonds is 1. The average Bonchev–Trinajstić information content (AvgIpc) is 2.13. The maximum Gasteiger partial charge on any atom is 0.223 e. The van der Waals surface area contributed by atoms with Gasteiger partial charge in [-0.15, -0.1) is 0 Å². The molecule has 0 saturated carbocycles. The number of hydrogen-bond acceptors (Lipinski definition) is 2. The van der Waals surface area contributed by atoms with Crippen molar-refractivity contribution in [2.75, 3.05) is 0 Å². The van der Waals surface area contributed by atoms with Gasteiger partial charge in [0.05, 0.1) is 6.04 Å². The molecule has 1 aliphatic rings. The molecule has 0 aliphatic carbocycles. The number of carbonyl (C=O) groups excluding carboxylic acids is 1. The minimum absolute atomic E-state index is 0.000185. The van der Waals surface area contributed by atoms with Gasteiger partial charge >= 0.3 is 0 Å². The van der Waals surface area contributed by atoms with E-state index in [0.717, 1.165) is 0 Å². The molecule has 0 radical (unpaired) electrons. The molecule has 56 valence electrons. The molecule has 1 rings (SSSR count). The van der Waals surface area contributed by atoms with Gasteiger partial charge in [0.2, 0.25) is 5.91 Å². The van der Waals surface area contributed by atoms with E-state index in [9.17, 15) is 4.79 Å². The Bertz CT molecular complexity index is 176. The molecule has 1 fully saturated rings. The van der Waals surface area contributed by atoms with Crippen LogP contribution in [0.4, 0.5) is 0 Å². The van der Waals surface area contributed by atoms with Crippen molar-refractivity contribution in [3.05, 3.63) is 12.3 Å². The Labute approximate surface area is 59.7 Å². The highest BCUT2D eigenvalue weighted by molar-refractivity contribution is 5.81. The van der Waals surface area contributed by atoms with Gasteiger partial charge in [-0.05, 0) is 6.42 Å². The summed E-state index contributed by atoms with van der Waals surface area (Å²) in [5.74, 6) is 0.0619. The predicted octanol–water partition coefficient (Wildman–Crippen LogP) is 0.583. The molecular weight excluding hydrogens is 130 g/mol. The second-order valence-corrected chi connectivity index (χ2v) is 2.69. The van der Waals surface area contributed by atoms with Crippen molar-refractivity contribution in [2.24, 2.45) is 5.92 Å². The number of aliphatic hydroxyl groups is 1. The highest BCUT2D eigenvalue weighted by atomic mass is 16.3. The fraction of sp³-hybridized carbons (Fsp3) is 0.571. The first-order valence-electron chi connectivity index (χ1n) is 3.29. The van der Waals surface area contributed by atoms with Gasteiger partial charge in [-0.3, -0.25) is 4.79 Å². The van der Waals surface area contributed by atoms with Gasteiger partial charge in [-0.2, -0.15) is 0 Å². The molecule has 0 spiro atoms. The molecule has 2 atom stereocenters. The minimum atomic E-state index is -0.220. The maximum atomic E-state index is 10.8. The fourth-order valence-corrected chi connectivity index (χ4v) is 1.05. The molecule has 1 heterocycles. The predicted molar refractivity (Wildman–Crippen MR) is 37.5 cm³/mol. The van der Waals surface area contributed by atoms with Crippen LogP contribution in [0.5, 0.6) is 0 Å². The van der Waals surface area contributed by atoms with Crippen LogP contribution in [-0.4, -0.2) is 17.1 Å². The van der Waals surface area contributed by atoms with E-state index in [1.165, 1.54) is 0 Å². The fourth-order valence-electron chi connectivity index (χ4n) is 1.05. The summed E-state index contributed by atoms with van der Waals surface area (Å²) in [6, 6.07) is -0.220. The molecule has 10 heavy (non-hydrogen) atoms. The lowest BCUT2D eigenvalue weighted by atomic mass is 10.1. The summed E-state index contributed by atoms with van der Waals surface area (Å²) in [5.41, 5.74) is 0. The van der Waals surface area contributed by atoms with Crippen LogP contribution in [0, 0.1) is 5.92 Å². The molecule has 3 heteroatoms. The second kappa shape index (κ2) is 2.33. The molecular formula is C7H11NO2. The Kier molecular flexibility index (Phi) is 1.66. The Morgan fingerprint density at radius 3 is 2.70 bits per heavy atom. The zero-order valence-electron chi connectivity index (χ0n) is 5.92. The number of hydrogen-bond donors (Lipinski definition) is 2. The smallest absolute Gasteiger partial charge is 0.223 e. The molecule has 1 aliphatic heterocycles. The second-order valence-electron chi connectivity index (χ2n) is 2.69. The van der Waals surface area contributed by atoms with E-state index in [2.05, 4.69) is 11.9 Å². The first-order chi connectivity index (χ1) is 4.61. The van der Waals surface area contributed by atoms with Crippen molar-refractivity contribution in [3.63, 3.8) is 0 Å². The topological polar surface area (TPSA) is 49.3 Å². The largest absolute Gasteiger partial charge is 0.511 e. The average molecular weight is 141 g/mol. The lowest BCUT2D eigenvalue weighted by Crippen LogP contribution is -2.27. The molecule has 0 aromatic carbocycles. The molecule has 3 nitrogen and oxygen atoms in total. The lowest BCUT2D eigenvalue weighted by molar-refractivity contribution is -0.122. The van der Waals surface area contributed by atoms with Crippen LogP contribution in [0.25, 0.3) is 0 Å². The Hall–Kier alpha value is -0.990. The summed E-state index contributed by atoms with van der Waals surface area (Å²) in [6.45, 7) is 5.18. The summed E-state index contributed by atoms with van der Waals surface area (Å²) in [5, 5.41) is 11.5. The zero-order chi connectivity index (χ0) is 7.72. The monoisotopic (exact) mass is 141 g/mol. The van der Waals surface area contributed by atoms with Gasteiger partial charge in [0.25, 0.3) is 0 Å². The Morgan fingerprint density at radius 2 is 2.50 bits per heavy atom. The molecule has 0 aromatic rings. The summed E-state index contributed by atoms with van der Waals surface area (Å²) < 4.78 is 0. The highest BCUT2D eigenvalue weighted by Crippen LogP contribution is 2.17. The van der Waals surface area contributed by atoms with E-state index in [1.807, 2.05) is 6.92 Å². The zero-order valence-corrected chi connectivity index (χ0v) is 5.92. The lowest BCUT2D eigenvalue weighted by Gasteiger charge is -2.05. The van der Waals surface area contributed by atoms with Gasteiger partial charge in [0, 0.05) is 5.92 Å². The normalized spacial score (nSPS) is 31.9. The van der Waals surface area contributed by atoms with E-state index < -0.39 is 0 Å². The van der Waals surface area contributed by atoms with Crippen LogP contribution >= 0.6 is 0 Å². The highest BCUT2D eigenvalue weighted by Gasteiger charge is 2.29. The van der Waals surface area contributed by atoms with Crippen molar-refractivity contribution in [3.8, 4) is 0 Å². The SMILES string of the molecule is C=C(O)[C@H]1C[C@@H](C)C(=O)N1. The van der Waals surface area contributed by atoms with E-state index in [-0.39, 0.29) is 23.6 Å². The molecule has 0 unspecified atom stereocenters. The molecule has 0 aromatic heterocycles. The third kappa shape index (κ3) is 1.12. The van der Waals surface area contributed by atoms with Crippen LogP contribution in [0.15, 0.2) is 12.3 Å². The summed E-state index contributed by atoms with van der Waals surface area (Å²) >= 11 is 0. The van der Waals surface area contributed by atoms with Gasteiger partial charge in [-0.1, -0.05) is 13.5 Å². The first kappa shape index (κ1) is 7.12. The third-order valence-electron chi connectivity index (χ3n) is 1.76. The third-order valence-corrected chi connectivity index (χ3v) is 1.76. The summed E-state index contributed by atoms with van der Waals surface area (Å²) in [6.07, 6.45) is 0.661. The molecule has 0 bridgehead atoms. The van der Waals surface area contributed by atoms with Gasteiger partial charge in [0.1, 0.15) is 5.76 Å². The van der Waals surface area contributed by atoms with Crippen LogP contribution in [-0.2, 0) is 4.79 Å². The Morgan fingerprint density at radius 1 is 1.90 bits per heavy atom. The van der Waals surface area contributed by atoms with Gasteiger partial charge in [-0.25, -0.2) is 0 Å². The summed E-state index contributed by atoms with van der Waals surface area (Å²) in [4.78, 5) is 10.8. The van der Waals surface area contributed by atoms with Crippen molar-refractivity contribution in [2.45, 2.75) is 19.4 Å². The maximum absolute atomic E-state index is 10.8. The number of aliphatic hydroxyl groups excluding tert-OH is 1. The van der Waals surface area contributed by atoms with E-state index in [0.29, 0.717) is 6.42 Å². The Balaban J connectivity index is 2.57. The van der Waals surface area contributed by atoms with Crippen LogP contribution < -0.4 is 5.32 Å².